The summed E-state index contributed by atoms with van der Waals surface area (Å²) in [7, 11) is -3.54. The summed E-state index contributed by atoms with van der Waals surface area (Å²) in [6.45, 7) is 5.63. The number of benzene rings is 1. The van der Waals surface area contributed by atoms with Gasteiger partial charge in [0.2, 0.25) is 10.0 Å². The molecular weight excluding hydrogens is 307 g/mol. The Hall–Kier alpha value is -1.02. The standard InChI is InChI=1S/C15H23FN2O3S/c1-12-3-4-14(15(16)9-12)11-22(20,21)18-6-5-17(7-8-19)13(2)10-18/h3-4,9,13,19H,5-8,10-11H2,1-2H3/t13-/m1/s1. The molecule has 0 spiro atoms. The fraction of sp³-hybridized carbons (Fsp3) is 0.600. The van der Waals surface area contributed by atoms with Crippen molar-refractivity contribution in [3.63, 3.8) is 0 Å². The van der Waals surface area contributed by atoms with Gasteiger partial charge in [-0.05, 0) is 25.5 Å². The average molecular weight is 330 g/mol. The third kappa shape index (κ3) is 4.04. The summed E-state index contributed by atoms with van der Waals surface area (Å²) < 4.78 is 40.3. The van der Waals surface area contributed by atoms with Gasteiger partial charge in [0.1, 0.15) is 5.82 Å². The molecule has 0 unspecified atom stereocenters. The Morgan fingerprint density at radius 2 is 2.09 bits per heavy atom. The van der Waals surface area contributed by atoms with Gasteiger partial charge in [-0.3, -0.25) is 4.90 Å². The van der Waals surface area contributed by atoms with Crippen LogP contribution in [0.2, 0.25) is 0 Å². The number of aliphatic hydroxyl groups is 1. The predicted octanol–water partition coefficient (Wildman–Crippen LogP) is 0.962. The van der Waals surface area contributed by atoms with E-state index in [-0.39, 0.29) is 24.0 Å². The molecule has 1 aromatic rings. The van der Waals surface area contributed by atoms with Crippen LogP contribution in [-0.4, -0.2) is 61.6 Å². The first-order valence-electron chi connectivity index (χ1n) is 7.41. The van der Waals surface area contributed by atoms with Crippen LogP contribution in [0.25, 0.3) is 0 Å². The molecule has 2 rings (SSSR count). The van der Waals surface area contributed by atoms with E-state index in [0.29, 0.717) is 26.2 Å². The maximum atomic E-state index is 13.9. The summed E-state index contributed by atoms with van der Waals surface area (Å²) in [5, 5.41) is 8.99. The molecule has 0 amide bonds. The fourth-order valence-electron chi connectivity index (χ4n) is 2.73. The van der Waals surface area contributed by atoms with Gasteiger partial charge < -0.3 is 5.11 Å². The molecule has 1 N–H and O–H groups in total. The number of β-amino-alcohol motifs (C(OH)–C–C–N with tert-alkyl or cyclic N) is 1. The Kier molecular flexibility index (Phi) is 5.55. The van der Waals surface area contributed by atoms with Crippen molar-refractivity contribution in [1.29, 1.82) is 0 Å². The normalized spacial score (nSPS) is 21.2. The summed E-state index contributed by atoms with van der Waals surface area (Å²) in [6.07, 6.45) is 0. The first-order chi connectivity index (χ1) is 10.3. The largest absolute Gasteiger partial charge is 0.395 e. The van der Waals surface area contributed by atoms with Crippen LogP contribution in [0, 0.1) is 12.7 Å². The molecule has 0 bridgehead atoms. The zero-order valence-corrected chi connectivity index (χ0v) is 13.8. The molecule has 1 saturated heterocycles. The molecule has 1 fully saturated rings. The molecule has 1 aliphatic rings. The van der Waals surface area contributed by atoms with Crippen molar-refractivity contribution in [1.82, 2.24) is 9.21 Å². The van der Waals surface area contributed by atoms with Crippen molar-refractivity contribution in [2.75, 3.05) is 32.8 Å². The average Bonchev–Trinajstić information content (AvgIpc) is 2.44. The van der Waals surface area contributed by atoms with E-state index in [9.17, 15) is 12.8 Å². The molecule has 7 heteroatoms. The summed E-state index contributed by atoms with van der Waals surface area (Å²) in [6, 6.07) is 4.65. The molecule has 0 aliphatic carbocycles. The molecule has 22 heavy (non-hydrogen) atoms. The van der Waals surface area contributed by atoms with E-state index in [1.807, 2.05) is 6.92 Å². The molecule has 124 valence electrons. The Labute approximate surface area is 131 Å². The quantitative estimate of drug-likeness (QED) is 0.874. The van der Waals surface area contributed by atoms with E-state index >= 15 is 0 Å². The maximum Gasteiger partial charge on any atom is 0.218 e. The van der Waals surface area contributed by atoms with Gasteiger partial charge in [0.05, 0.1) is 12.4 Å². The fourth-order valence-corrected chi connectivity index (χ4v) is 4.34. The van der Waals surface area contributed by atoms with Crippen molar-refractivity contribution >= 4 is 10.0 Å². The van der Waals surface area contributed by atoms with Crippen LogP contribution in [0.1, 0.15) is 18.1 Å². The number of aliphatic hydroxyl groups excluding tert-OH is 1. The van der Waals surface area contributed by atoms with E-state index in [4.69, 9.17) is 5.11 Å². The van der Waals surface area contributed by atoms with Crippen LogP contribution >= 0.6 is 0 Å². The Balaban J connectivity index is 2.08. The zero-order valence-electron chi connectivity index (χ0n) is 13.0. The smallest absolute Gasteiger partial charge is 0.218 e. The SMILES string of the molecule is Cc1ccc(CS(=O)(=O)N2CCN(CCO)[C@H](C)C2)c(F)c1. The highest BCUT2D eigenvalue weighted by Crippen LogP contribution is 2.19. The van der Waals surface area contributed by atoms with Crippen LogP contribution in [0.4, 0.5) is 4.39 Å². The monoisotopic (exact) mass is 330 g/mol. The highest BCUT2D eigenvalue weighted by molar-refractivity contribution is 7.88. The molecule has 1 heterocycles. The van der Waals surface area contributed by atoms with Crippen molar-refractivity contribution in [2.45, 2.75) is 25.6 Å². The highest BCUT2D eigenvalue weighted by atomic mass is 32.2. The van der Waals surface area contributed by atoms with Crippen molar-refractivity contribution < 1.29 is 17.9 Å². The number of rotatable bonds is 5. The number of sulfonamides is 1. The Bertz CT molecular complexity index is 621. The molecule has 1 aromatic carbocycles. The van der Waals surface area contributed by atoms with Gasteiger partial charge in [0.15, 0.2) is 0 Å². The van der Waals surface area contributed by atoms with Crippen LogP contribution < -0.4 is 0 Å². The number of halogens is 1. The van der Waals surface area contributed by atoms with E-state index in [1.54, 1.807) is 13.0 Å². The minimum atomic E-state index is -3.54. The van der Waals surface area contributed by atoms with E-state index in [2.05, 4.69) is 4.90 Å². The highest BCUT2D eigenvalue weighted by Gasteiger charge is 2.31. The second-order valence-corrected chi connectivity index (χ2v) is 7.79. The number of piperazine rings is 1. The maximum absolute atomic E-state index is 13.9. The minimum absolute atomic E-state index is 0.0403. The Morgan fingerprint density at radius 3 is 2.68 bits per heavy atom. The molecule has 0 radical (unpaired) electrons. The van der Waals surface area contributed by atoms with Gasteiger partial charge in [0.25, 0.3) is 0 Å². The van der Waals surface area contributed by atoms with E-state index < -0.39 is 15.8 Å². The van der Waals surface area contributed by atoms with Crippen molar-refractivity contribution in [3.05, 3.63) is 35.1 Å². The lowest BCUT2D eigenvalue weighted by atomic mass is 10.2. The Morgan fingerprint density at radius 1 is 1.36 bits per heavy atom. The number of aryl methyl sites for hydroxylation is 1. The second-order valence-electron chi connectivity index (χ2n) is 5.82. The topological polar surface area (TPSA) is 60.9 Å². The number of nitrogens with zero attached hydrogens (tertiary/aromatic N) is 2. The summed E-state index contributed by atoms with van der Waals surface area (Å²) in [5.41, 5.74) is 0.973. The van der Waals surface area contributed by atoms with Crippen LogP contribution in [-0.2, 0) is 15.8 Å². The lowest BCUT2D eigenvalue weighted by Gasteiger charge is -2.38. The lowest BCUT2D eigenvalue weighted by molar-refractivity contribution is 0.104. The van der Waals surface area contributed by atoms with Crippen LogP contribution in [0.3, 0.4) is 0 Å². The van der Waals surface area contributed by atoms with Gasteiger partial charge in [-0.15, -0.1) is 0 Å². The molecule has 5 nitrogen and oxygen atoms in total. The van der Waals surface area contributed by atoms with Crippen molar-refractivity contribution in [3.8, 4) is 0 Å². The van der Waals surface area contributed by atoms with Gasteiger partial charge >= 0.3 is 0 Å². The van der Waals surface area contributed by atoms with Crippen LogP contribution in [0.15, 0.2) is 18.2 Å². The van der Waals surface area contributed by atoms with Crippen LogP contribution in [0.5, 0.6) is 0 Å². The predicted molar refractivity (Wildman–Crippen MR) is 83.5 cm³/mol. The minimum Gasteiger partial charge on any atom is -0.395 e. The van der Waals surface area contributed by atoms with E-state index in [0.717, 1.165) is 5.56 Å². The lowest BCUT2D eigenvalue weighted by Crippen LogP contribution is -2.54. The summed E-state index contributed by atoms with van der Waals surface area (Å²) >= 11 is 0. The van der Waals surface area contributed by atoms with Gasteiger partial charge in [0, 0.05) is 37.8 Å². The first-order valence-corrected chi connectivity index (χ1v) is 9.02. The third-order valence-corrected chi connectivity index (χ3v) is 5.85. The van der Waals surface area contributed by atoms with Gasteiger partial charge in [-0.1, -0.05) is 12.1 Å². The summed E-state index contributed by atoms with van der Waals surface area (Å²) in [4.78, 5) is 2.05. The summed E-state index contributed by atoms with van der Waals surface area (Å²) in [5.74, 6) is -0.790. The third-order valence-electron chi connectivity index (χ3n) is 4.05. The van der Waals surface area contributed by atoms with Gasteiger partial charge in [-0.2, -0.15) is 4.31 Å². The second kappa shape index (κ2) is 7.04. The molecule has 0 aromatic heterocycles. The van der Waals surface area contributed by atoms with Gasteiger partial charge in [-0.25, -0.2) is 12.8 Å². The zero-order chi connectivity index (χ0) is 16.3. The van der Waals surface area contributed by atoms with Crippen molar-refractivity contribution in [2.24, 2.45) is 0 Å². The molecule has 1 atom stereocenters. The molecular formula is C15H23FN2O3S. The number of hydrogen-bond donors (Lipinski definition) is 1. The molecule has 0 saturated carbocycles. The van der Waals surface area contributed by atoms with E-state index in [1.165, 1.54) is 16.4 Å². The molecule has 1 aliphatic heterocycles. The first kappa shape index (κ1) is 17.3. The number of hydrogen-bond acceptors (Lipinski definition) is 4.